The number of benzene rings is 1. The van der Waals surface area contributed by atoms with Gasteiger partial charge in [-0.05, 0) is 67.6 Å². The van der Waals surface area contributed by atoms with Gasteiger partial charge in [-0.25, -0.2) is 0 Å². The molecule has 0 heterocycles. The molecule has 0 nitrogen and oxygen atoms in total. The molecular weight excluding hydrogens is 228 g/mol. The van der Waals surface area contributed by atoms with Crippen LogP contribution < -0.4 is 0 Å². The molecule has 0 aromatic heterocycles. The molecule has 17 heavy (non-hydrogen) atoms. The maximum atomic E-state index is 6.03. The molecule has 94 valence electrons. The normalized spacial score (nSPS) is 25.2. The highest BCUT2D eigenvalue weighted by Crippen LogP contribution is 2.34. The molecule has 1 aromatic carbocycles. The lowest BCUT2D eigenvalue weighted by Crippen LogP contribution is -2.19. The first-order chi connectivity index (χ1) is 8.15. The molecule has 0 radical (unpaired) electrons. The minimum absolute atomic E-state index is 0.863. The summed E-state index contributed by atoms with van der Waals surface area (Å²) in [6, 6.07) is 8.36. The van der Waals surface area contributed by atoms with Crippen LogP contribution in [0.4, 0.5) is 0 Å². The lowest BCUT2D eigenvalue weighted by molar-refractivity contribution is 0.223. The fraction of sp³-hybridized carbons (Fsp3) is 0.625. The van der Waals surface area contributed by atoms with E-state index in [9.17, 15) is 0 Å². The zero-order valence-corrected chi connectivity index (χ0v) is 11.7. The summed E-state index contributed by atoms with van der Waals surface area (Å²) in [5.74, 6) is 2.70. The van der Waals surface area contributed by atoms with Crippen molar-refractivity contribution in [3.05, 3.63) is 34.9 Å². The molecule has 1 saturated carbocycles. The summed E-state index contributed by atoms with van der Waals surface area (Å²) >= 11 is 6.03. The van der Waals surface area contributed by atoms with Gasteiger partial charge in [0, 0.05) is 5.02 Å². The van der Waals surface area contributed by atoms with Crippen LogP contribution in [0.2, 0.25) is 5.02 Å². The van der Waals surface area contributed by atoms with E-state index < -0.39 is 0 Å². The molecule has 2 rings (SSSR count). The third kappa shape index (κ3) is 3.74. The smallest absolute Gasteiger partial charge is 0.0408 e. The largest absolute Gasteiger partial charge is 0.0843 e. The summed E-state index contributed by atoms with van der Waals surface area (Å²) in [6.45, 7) is 4.73. The molecule has 1 aromatic rings. The fourth-order valence-electron chi connectivity index (χ4n) is 3.06. The van der Waals surface area contributed by atoms with Crippen molar-refractivity contribution in [3.63, 3.8) is 0 Å². The summed E-state index contributed by atoms with van der Waals surface area (Å²) in [5.41, 5.74) is 1.41. The first-order valence-electron chi connectivity index (χ1n) is 6.89. The summed E-state index contributed by atoms with van der Waals surface area (Å²) in [6.07, 6.45) is 6.85. The van der Waals surface area contributed by atoms with Crippen LogP contribution in [-0.2, 0) is 6.42 Å². The van der Waals surface area contributed by atoms with Crippen LogP contribution in [0.25, 0.3) is 0 Å². The van der Waals surface area contributed by atoms with Gasteiger partial charge >= 0.3 is 0 Å². The van der Waals surface area contributed by atoms with Gasteiger partial charge in [0.1, 0.15) is 0 Å². The highest BCUT2D eigenvalue weighted by atomic mass is 35.5. The van der Waals surface area contributed by atoms with Crippen LogP contribution in [0.1, 0.15) is 45.1 Å². The molecular formula is C16H23Cl. The summed E-state index contributed by atoms with van der Waals surface area (Å²) in [5, 5.41) is 0.873. The molecule has 0 saturated heterocycles. The van der Waals surface area contributed by atoms with Gasteiger partial charge in [0.15, 0.2) is 0 Å². The van der Waals surface area contributed by atoms with E-state index in [0.717, 1.165) is 22.8 Å². The zero-order valence-electron chi connectivity index (χ0n) is 11.0. The molecule has 1 aliphatic rings. The van der Waals surface area contributed by atoms with Gasteiger partial charge in [-0.1, -0.05) is 37.6 Å². The first kappa shape index (κ1) is 13.0. The Morgan fingerprint density at radius 1 is 1.18 bits per heavy atom. The van der Waals surface area contributed by atoms with Crippen LogP contribution in [0.5, 0.6) is 0 Å². The van der Waals surface area contributed by atoms with Crippen molar-refractivity contribution >= 4 is 11.6 Å². The van der Waals surface area contributed by atoms with Gasteiger partial charge in [0.2, 0.25) is 0 Å². The first-order valence-corrected chi connectivity index (χ1v) is 7.27. The summed E-state index contributed by atoms with van der Waals surface area (Å²) in [7, 11) is 0. The number of hydrogen-bond donors (Lipinski definition) is 0. The fourth-order valence-corrected chi connectivity index (χ4v) is 3.27. The second kappa shape index (κ2) is 5.91. The van der Waals surface area contributed by atoms with Crippen molar-refractivity contribution in [3.8, 4) is 0 Å². The van der Waals surface area contributed by atoms with Crippen LogP contribution in [0.3, 0.4) is 0 Å². The van der Waals surface area contributed by atoms with Crippen molar-refractivity contribution in [2.75, 3.05) is 0 Å². The number of hydrogen-bond acceptors (Lipinski definition) is 0. The lowest BCUT2D eigenvalue weighted by Gasteiger charge is -2.30. The Hall–Kier alpha value is -0.490. The zero-order chi connectivity index (χ0) is 12.3. The Bertz CT molecular complexity index is 348. The molecule has 1 fully saturated rings. The van der Waals surface area contributed by atoms with Crippen molar-refractivity contribution in [1.82, 2.24) is 0 Å². The SMILES string of the molecule is CC(C)C1CCC(Cc2cccc(Cl)c2)CC1. The van der Waals surface area contributed by atoms with Gasteiger partial charge in [0.05, 0.1) is 0 Å². The van der Waals surface area contributed by atoms with E-state index in [1.165, 1.54) is 37.7 Å². The van der Waals surface area contributed by atoms with E-state index in [1.807, 2.05) is 6.07 Å². The molecule has 1 heteroatoms. The Labute approximate surface area is 110 Å². The maximum Gasteiger partial charge on any atom is 0.0408 e. The molecule has 0 spiro atoms. The molecule has 0 N–H and O–H groups in total. The van der Waals surface area contributed by atoms with E-state index in [2.05, 4.69) is 32.0 Å². The van der Waals surface area contributed by atoms with Crippen LogP contribution >= 0.6 is 11.6 Å². The molecule has 0 amide bonds. The van der Waals surface area contributed by atoms with Crippen molar-refractivity contribution < 1.29 is 0 Å². The lowest BCUT2D eigenvalue weighted by atomic mass is 9.75. The van der Waals surface area contributed by atoms with Gasteiger partial charge in [-0.3, -0.25) is 0 Å². The molecule has 1 aliphatic carbocycles. The molecule has 0 aliphatic heterocycles. The highest BCUT2D eigenvalue weighted by Gasteiger charge is 2.23. The summed E-state index contributed by atoms with van der Waals surface area (Å²) in [4.78, 5) is 0. The maximum absolute atomic E-state index is 6.03. The minimum Gasteiger partial charge on any atom is -0.0843 e. The second-order valence-electron chi connectivity index (χ2n) is 5.86. The van der Waals surface area contributed by atoms with E-state index in [4.69, 9.17) is 11.6 Å². The predicted octanol–water partition coefficient (Wildman–Crippen LogP) is 5.34. The van der Waals surface area contributed by atoms with E-state index in [0.29, 0.717) is 0 Å². The van der Waals surface area contributed by atoms with Crippen LogP contribution in [-0.4, -0.2) is 0 Å². The van der Waals surface area contributed by atoms with Gasteiger partial charge in [-0.2, -0.15) is 0 Å². The van der Waals surface area contributed by atoms with Crippen LogP contribution in [0.15, 0.2) is 24.3 Å². The van der Waals surface area contributed by atoms with Crippen molar-refractivity contribution in [2.45, 2.75) is 46.0 Å². The Balaban J connectivity index is 1.86. The second-order valence-corrected chi connectivity index (χ2v) is 6.30. The minimum atomic E-state index is 0.863. The third-order valence-electron chi connectivity index (χ3n) is 4.25. The molecule has 0 unspecified atom stereocenters. The van der Waals surface area contributed by atoms with Gasteiger partial charge in [-0.15, -0.1) is 0 Å². The number of rotatable bonds is 3. The topological polar surface area (TPSA) is 0 Å². The predicted molar refractivity (Wildman–Crippen MR) is 75.4 cm³/mol. The van der Waals surface area contributed by atoms with E-state index in [-0.39, 0.29) is 0 Å². The Morgan fingerprint density at radius 2 is 1.88 bits per heavy atom. The third-order valence-corrected chi connectivity index (χ3v) is 4.48. The average molecular weight is 251 g/mol. The Kier molecular flexibility index (Phi) is 4.50. The average Bonchev–Trinajstić information content (AvgIpc) is 2.29. The quantitative estimate of drug-likeness (QED) is 0.679. The van der Waals surface area contributed by atoms with E-state index >= 15 is 0 Å². The summed E-state index contributed by atoms with van der Waals surface area (Å²) < 4.78 is 0. The van der Waals surface area contributed by atoms with Gasteiger partial charge in [0.25, 0.3) is 0 Å². The Morgan fingerprint density at radius 3 is 2.47 bits per heavy atom. The van der Waals surface area contributed by atoms with Crippen molar-refractivity contribution in [1.29, 1.82) is 0 Å². The van der Waals surface area contributed by atoms with Crippen molar-refractivity contribution in [2.24, 2.45) is 17.8 Å². The van der Waals surface area contributed by atoms with Gasteiger partial charge < -0.3 is 0 Å². The standard InChI is InChI=1S/C16H23Cl/c1-12(2)15-8-6-13(7-9-15)10-14-4-3-5-16(17)11-14/h3-5,11-13,15H,6-10H2,1-2H3. The monoisotopic (exact) mass is 250 g/mol. The van der Waals surface area contributed by atoms with E-state index in [1.54, 1.807) is 0 Å². The number of halogens is 1. The van der Waals surface area contributed by atoms with Crippen LogP contribution in [0, 0.1) is 17.8 Å². The highest BCUT2D eigenvalue weighted by molar-refractivity contribution is 6.30. The molecule has 0 bridgehead atoms. The molecule has 0 atom stereocenters.